The quantitative estimate of drug-likeness (QED) is 0.829. The van der Waals surface area contributed by atoms with Crippen LogP contribution in [0.15, 0.2) is 42.5 Å². The van der Waals surface area contributed by atoms with Crippen molar-refractivity contribution in [2.45, 2.75) is 13.0 Å². The Hall–Kier alpha value is -3.36. The van der Waals surface area contributed by atoms with Gasteiger partial charge in [-0.05, 0) is 24.3 Å². The van der Waals surface area contributed by atoms with Crippen LogP contribution in [0.5, 0.6) is 17.2 Å². The molecule has 0 aliphatic carbocycles. The summed E-state index contributed by atoms with van der Waals surface area (Å²) in [7, 11) is 0. The van der Waals surface area contributed by atoms with Gasteiger partial charge in [0.2, 0.25) is 11.8 Å². The molecule has 0 bridgehead atoms. The molecular weight excluding hydrogens is 386 g/mol. The van der Waals surface area contributed by atoms with Crippen molar-refractivity contribution in [2.24, 2.45) is 5.92 Å². The Kier molecular flexibility index (Phi) is 5.20. The van der Waals surface area contributed by atoms with Crippen molar-refractivity contribution in [1.29, 1.82) is 0 Å². The highest BCUT2D eigenvalue weighted by atomic mass is 19.3. The van der Waals surface area contributed by atoms with E-state index in [1.807, 2.05) is 0 Å². The van der Waals surface area contributed by atoms with Crippen LogP contribution < -0.4 is 24.4 Å². The topological polar surface area (TPSA) is 77.1 Å². The van der Waals surface area contributed by atoms with Gasteiger partial charge >= 0.3 is 6.61 Å². The number of hydrogen-bond acceptors (Lipinski definition) is 5. The van der Waals surface area contributed by atoms with Crippen LogP contribution in [0.2, 0.25) is 0 Å². The second kappa shape index (κ2) is 7.94. The summed E-state index contributed by atoms with van der Waals surface area (Å²) in [6.07, 6.45) is 0.0121. The van der Waals surface area contributed by atoms with Crippen LogP contribution in [0.3, 0.4) is 0 Å². The Balaban J connectivity index is 1.46. The van der Waals surface area contributed by atoms with Crippen molar-refractivity contribution in [1.82, 2.24) is 0 Å². The zero-order chi connectivity index (χ0) is 20.4. The minimum absolute atomic E-state index is 0.0121. The average molecular weight is 404 g/mol. The lowest BCUT2D eigenvalue weighted by molar-refractivity contribution is -0.122. The van der Waals surface area contributed by atoms with Gasteiger partial charge in [-0.2, -0.15) is 8.78 Å². The Morgan fingerprint density at radius 2 is 1.90 bits per heavy atom. The van der Waals surface area contributed by atoms with Crippen LogP contribution >= 0.6 is 0 Å². The highest BCUT2D eigenvalue weighted by molar-refractivity contribution is 6.04. The van der Waals surface area contributed by atoms with Crippen molar-refractivity contribution < 1.29 is 32.6 Å². The van der Waals surface area contributed by atoms with E-state index in [9.17, 15) is 18.4 Å². The Morgan fingerprint density at radius 1 is 1.14 bits per heavy atom. The largest absolute Gasteiger partial charge is 0.486 e. The highest BCUT2D eigenvalue weighted by Gasteiger charge is 2.36. The van der Waals surface area contributed by atoms with E-state index in [1.54, 1.807) is 24.3 Å². The van der Waals surface area contributed by atoms with E-state index in [1.165, 1.54) is 23.1 Å². The molecule has 0 radical (unpaired) electrons. The van der Waals surface area contributed by atoms with Gasteiger partial charge in [-0.25, -0.2) is 0 Å². The molecule has 2 aliphatic heterocycles. The fraction of sp³-hybridized carbons (Fsp3) is 0.300. The summed E-state index contributed by atoms with van der Waals surface area (Å²) in [5, 5.41) is 2.58. The summed E-state index contributed by atoms with van der Waals surface area (Å²) in [6.45, 7) is -1.95. The molecule has 1 fully saturated rings. The van der Waals surface area contributed by atoms with Crippen molar-refractivity contribution in [2.75, 3.05) is 30.0 Å². The van der Waals surface area contributed by atoms with Gasteiger partial charge < -0.3 is 24.4 Å². The molecule has 2 aromatic carbocycles. The molecule has 0 spiro atoms. The standard InChI is InChI=1S/C20H18F2N2O5/c21-20(22)29-15-4-2-1-3-14(15)23-19(26)12-9-18(25)24(11-12)13-5-6-16-17(10-13)28-8-7-27-16/h1-6,10,12,20H,7-9,11H2,(H,23,26)/t12-/m1/s1. The number of hydrogen-bond donors (Lipinski definition) is 1. The maximum atomic E-state index is 12.6. The van der Waals surface area contributed by atoms with Crippen LogP contribution in [0.1, 0.15) is 6.42 Å². The van der Waals surface area contributed by atoms with Gasteiger partial charge in [-0.3, -0.25) is 9.59 Å². The van der Waals surface area contributed by atoms with Gasteiger partial charge in [0.15, 0.2) is 11.5 Å². The number of alkyl halides is 2. The van der Waals surface area contributed by atoms with Crippen molar-refractivity contribution in [3.8, 4) is 17.2 Å². The number of rotatable bonds is 5. The maximum Gasteiger partial charge on any atom is 0.387 e. The molecule has 0 saturated carbocycles. The van der Waals surface area contributed by atoms with Crippen molar-refractivity contribution in [3.05, 3.63) is 42.5 Å². The Labute approximate surface area is 165 Å². The van der Waals surface area contributed by atoms with Gasteiger partial charge in [0.25, 0.3) is 0 Å². The normalized spacial score (nSPS) is 18.1. The maximum absolute atomic E-state index is 12.6. The number of fused-ring (bicyclic) bond motifs is 1. The summed E-state index contributed by atoms with van der Waals surface area (Å²) in [4.78, 5) is 26.6. The summed E-state index contributed by atoms with van der Waals surface area (Å²) in [6, 6.07) is 11.1. The third-order valence-electron chi connectivity index (χ3n) is 4.69. The van der Waals surface area contributed by atoms with Gasteiger partial charge in [0.05, 0.1) is 11.6 Å². The number of halogens is 2. The molecule has 0 unspecified atom stereocenters. The van der Waals surface area contributed by atoms with Gasteiger partial charge in [0, 0.05) is 24.7 Å². The number of carbonyl (C=O) groups excluding carboxylic acids is 2. The van der Waals surface area contributed by atoms with Gasteiger partial charge in [-0.1, -0.05) is 12.1 Å². The molecule has 2 aliphatic rings. The molecule has 4 rings (SSSR count). The Morgan fingerprint density at radius 3 is 2.69 bits per heavy atom. The SMILES string of the molecule is O=C(Nc1ccccc1OC(F)F)[C@@H]1CC(=O)N(c2ccc3c(c2)OCCO3)C1. The van der Waals surface area contributed by atoms with E-state index in [-0.39, 0.29) is 30.3 Å². The number of benzene rings is 2. The first-order chi connectivity index (χ1) is 14.0. The molecule has 9 heteroatoms. The van der Waals surface area contributed by atoms with E-state index >= 15 is 0 Å². The van der Waals surface area contributed by atoms with Crippen LogP contribution in [-0.2, 0) is 9.59 Å². The lowest BCUT2D eigenvalue weighted by Crippen LogP contribution is -2.28. The van der Waals surface area contributed by atoms with Crippen LogP contribution in [0, 0.1) is 5.92 Å². The molecule has 1 atom stereocenters. The summed E-state index contributed by atoms with van der Waals surface area (Å²) < 4.78 is 40.5. The van der Waals surface area contributed by atoms with E-state index < -0.39 is 18.4 Å². The van der Waals surface area contributed by atoms with E-state index in [2.05, 4.69) is 10.1 Å². The summed E-state index contributed by atoms with van der Waals surface area (Å²) in [5.74, 6) is -0.258. The minimum Gasteiger partial charge on any atom is -0.486 e. The lowest BCUT2D eigenvalue weighted by Gasteiger charge is -2.22. The van der Waals surface area contributed by atoms with E-state index in [4.69, 9.17) is 9.47 Å². The first-order valence-corrected chi connectivity index (χ1v) is 9.06. The number of amides is 2. The third-order valence-corrected chi connectivity index (χ3v) is 4.69. The molecule has 0 aromatic heterocycles. The zero-order valence-electron chi connectivity index (χ0n) is 15.3. The first kappa shape index (κ1) is 19.0. The molecule has 7 nitrogen and oxygen atoms in total. The molecule has 2 heterocycles. The first-order valence-electron chi connectivity index (χ1n) is 9.06. The van der Waals surface area contributed by atoms with Crippen LogP contribution in [0.25, 0.3) is 0 Å². The third kappa shape index (κ3) is 4.08. The van der Waals surface area contributed by atoms with Crippen LogP contribution in [-0.4, -0.2) is 38.2 Å². The molecule has 2 amide bonds. The average Bonchev–Trinajstić information content (AvgIpc) is 3.10. The molecule has 1 saturated heterocycles. The minimum atomic E-state index is -3.01. The molecule has 29 heavy (non-hydrogen) atoms. The lowest BCUT2D eigenvalue weighted by atomic mass is 10.1. The monoisotopic (exact) mass is 404 g/mol. The number of carbonyl (C=O) groups is 2. The van der Waals surface area contributed by atoms with E-state index in [0.29, 0.717) is 30.4 Å². The highest BCUT2D eigenvalue weighted by Crippen LogP contribution is 2.36. The molecular formula is C20H18F2N2O5. The smallest absolute Gasteiger partial charge is 0.387 e. The fourth-order valence-corrected chi connectivity index (χ4v) is 3.34. The van der Waals surface area contributed by atoms with E-state index in [0.717, 1.165) is 0 Å². The number of nitrogens with zero attached hydrogens (tertiary/aromatic N) is 1. The zero-order valence-corrected chi connectivity index (χ0v) is 15.3. The van der Waals surface area contributed by atoms with Crippen LogP contribution in [0.4, 0.5) is 20.2 Å². The summed E-state index contributed by atoms with van der Waals surface area (Å²) in [5.41, 5.74) is 0.735. The second-order valence-electron chi connectivity index (χ2n) is 6.60. The molecule has 1 N–H and O–H groups in total. The number of nitrogens with one attached hydrogen (secondary N) is 1. The van der Waals surface area contributed by atoms with Gasteiger partial charge in [0.1, 0.15) is 19.0 Å². The van der Waals surface area contributed by atoms with Crippen molar-refractivity contribution >= 4 is 23.2 Å². The number of anilines is 2. The molecule has 152 valence electrons. The predicted octanol–water partition coefficient (Wildman–Crippen LogP) is 3.05. The second-order valence-corrected chi connectivity index (χ2v) is 6.60. The van der Waals surface area contributed by atoms with Gasteiger partial charge in [-0.15, -0.1) is 0 Å². The number of ether oxygens (including phenoxy) is 3. The fourth-order valence-electron chi connectivity index (χ4n) is 3.34. The number of para-hydroxylation sites is 2. The predicted molar refractivity (Wildman–Crippen MR) is 99.6 cm³/mol. The Bertz CT molecular complexity index is 937. The van der Waals surface area contributed by atoms with Crippen molar-refractivity contribution in [3.63, 3.8) is 0 Å². The summed E-state index contributed by atoms with van der Waals surface area (Å²) >= 11 is 0. The molecule has 2 aromatic rings.